The van der Waals surface area contributed by atoms with E-state index in [-0.39, 0.29) is 0 Å². The van der Waals surface area contributed by atoms with E-state index in [1.54, 1.807) is 0 Å². The minimum Gasteiger partial charge on any atom is -0.296 e. The van der Waals surface area contributed by atoms with Crippen LogP contribution in [0.3, 0.4) is 0 Å². The van der Waals surface area contributed by atoms with E-state index in [0.29, 0.717) is 6.04 Å². The molecular formula is C7H13N5. The van der Waals surface area contributed by atoms with Gasteiger partial charge in [0.05, 0.1) is 6.04 Å². The minimum atomic E-state index is 0.397. The van der Waals surface area contributed by atoms with Gasteiger partial charge < -0.3 is 0 Å². The predicted molar refractivity (Wildman–Crippen MR) is 43.4 cm³/mol. The number of H-pyrrole nitrogens is 1. The minimum absolute atomic E-state index is 0.397. The lowest BCUT2D eigenvalue weighted by molar-refractivity contribution is 0.179. The van der Waals surface area contributed by atoms with Crippen LogP contribution >= 0.6 is 0 Å². The highest BCUT2D eigenvalue weighted by molar-refractivity contribution is 4.91. The van der Waals surface area contributed by atoms with Crippen LogP contribution in [0.2, 0.25) is 0 Å². The first-order valence-electron chi connectivity index (χ1n) is 4.32. The Morgan fingerprint density at radius 1 is 1.50 bits per heavy atom. The Morgan fingerprint density at radius 2 is 2.42 bits per heavy atom. The molecule has 0 aliphatic carbocycles. The molecule has 1 N–H and O–H groups in total. The highest BCUT2D eigenvalue weighted by Gasteiger charge is 2.22. The van der Waals surface area contributed by atoms with Crippen LogP contribution in [0.25, 0.3) is 0 Å². The molecule has 66 valence electrons. The van der Waals surface area contributed by atoms with Crippen molar-refractivity contribution in [3.05, 3.63) is 5.82 Å². The number of nitrogens with one attached hydrogen (secondary N) is 1. The normalized spacial score (nSPS) is 25.9. The fraction of sp³-hybridized carbons (Fsp3) is 0.857. The molecule has 1 aliphatic rings. The van der Waals surface area contributed by atoms with E-state index < -0.39 is 0 Å². The second-order valence-electron chi connectivity index (χ2n) is 3.28. The van der Waals surface area contributed by atoms with Crippen molar-refractivity contribution < 1.29 is 0 Å². The number of piperidine rings is 1. The summed E-state index contributed by atoms with van der Waals surface area (Å²) >= 11 is 0. The van der Waals surface area contributed by atoms with Crippen molar-refractivity contribution in [2.45, 2.75) is 25.3 Å². The van der Waals surface area contributed by atoms with Gasteiger partial charge >= 0.3 is 0 Å². The van der Waals surface area contributed by atoms with Gasteiger partial charge in [-0.15, -0.1) is 5.10 Å². The highest BCUT2D eigenvalue weighted by Crippen LogP contribution is 2.25. The van der Waals surface area contributed by atoms with Gasteiger partial charge in [-0.1, -0.05) is 6.42 Å². The number of nitrogens with zero attached hydrogens (tertiary/aromatic N) is 4. The maximum atomic E-state index is 3.93. The van der Waals surface area contributed by atoms with E-state index in [9.17, 15) is 0 Å². The number of tetrazole rings is 1. The van der Waals surface area contributed by atoms with Crippen LogP contribution in [0, 0.1) is 0 Å². The molecule has 5 nitrogen and oxygen atoms in total. The first-order valence-corrected chi connectivity index (χ1v) is 4.32. The van der Waals surface area contributed by atoms with Gasteiger partial charge in [0.1, 0.15) is 0 Å². The van der Waals surface area contributed by atoms with Crippen molar-refractivity contribution in [3.8, 4) is 0 Å². The third-order valence-corrected chi connectivity index (χ3v) is 2.45. The molecule has 12 heavy (non-hydrogen) atoms. The number of aromatic nitrogens is 4. The SMILES string of the molecule is CN1CCCCC1c1nnn[nH]1. The van der Waals surface area contributed by atoms with Gasteiger partial charge in [-0.05, 0) is 36.9 Å². The maximum Gasteiger partial charge on any atom is 0.165 e. The summed E-state index contributed by atoms with van der Waals surface area (Å²) in [7, 11) is 2.12. The van der Waals surface area contributed by atoms with Crippen LogP contribution in [0.15, 0.2) is 0 Å². The lowest BCUT2D eigenvalue weighted by Gasteiger charge is -2.30. The molecule has 0 aromatic carbocycles. The lowest BCUT2D eigenvalue weighted by Crippen LogP contribution is -2.30. The smallest absolute Gasteiger partial charge is 0.165 e. The van der Waals surface area contributed by atoms with E-state index in [1.807, 2.05) is 0 Å². The summed E-state index contributed by atoms with van der Waals surface area (Å²) in [5.74, 6) is 0.900. The van der Waals surface area contributed by atoms with Gasteiger partial charge in [0.15, 0.2) is 5.82 Å². The molecule has 1 atom stereocenters. The molecule has 2 heterocycles. The molecule has 5 heteroatoms. The van der Waals surface area contributed by atoms with Gasteiger partial charge in [-0.2, -0.15) is 0 Å². The molecule has 0 spiro atoms. The summed E-state index contributed by atoms with van der Waals surface area (Å²) in [6.45, 7) is 1.14. The fourth-order valence-electron chi connectivity index (χ4n) is 1.73. The average Bonchev–Trinajstić information content (AvgIpc) is 2.57. The van der Waals surface area contributed by atoms with Gasteiger partial charge in [-0.3, -0.25) is 4.90 Å². The Hall–Kier alpha value is -0.970. The molecular weight excluding hydrogens is 154 g/mol. The number of rotatable bonds is 1. The van der Waals surface area contributed by atoms with Gasteiger partial charge in [-0.25, -0.2) is 5.10 Å². The number of aromatic amines is 1. The molecule has 1 saturated heterocycles. The summed E-state index contributed by atoms with van der Waals surface area (Å²) in [4.78, 5) is 2.30. The van der Waals surface area contributed by atoms with E-state index in [0.717, 1.165) is 18.8 Å². The highest BCUT2D eigenvalue weighted by atomic mass is 15.5. The second-order valence-corrected chi connectivity index (χ2v) is 3.28. The van der Waals surface area contributed by atoms with Crippen molar-refractivity contribution in [1.82, 2.24) is 25.5 Å². The monoisotopic (exact) mass is 167 g/mol. The van der Waals surface area contributed by atoms with Crippen LogP contribution in [0.5, 0.6) is 0 Å². The zero-order valence-electron chi connectivity index (χ0n) is 7.19. The number of hydrogen-bond acceptors (Lipinski definition) is 4. The quantitative estimate of drug-likeness (QED) is 0.656. The van der Waals surface area contributed by atoms with Crippen molar-refractivity contribution in [2.24, 2.45) is 0 Å². The molecule has 1 aromatic heterocycles. The summed E-state index contributed by atoms with van der Waals surface area (Å²) < 4.78 is 0. The maximum absolute atomic E-state index is 3.93. The molecule has 0 radical (unpaired) electrons. The fourth-order valence-corrected chi connectivity index (χ4v) is 1.73. The molecule has 1 unspecified atom stereocenters. The molecule has 0 bridgehead atoms. The predicted octanol–water partition coefficient (Wildman–Crippen LogP) is 0.356. The molecule has 1 aromatic rings. The molecule has 0 saturated carbocycles. The van der Waals surface area contributed by atoms with Crippen LogP contribution < -0.4 is 0 Å². The standard InChI is InChI=1S/C7H13N5/c1-12-5-3-2-4-6(12)7-8-10-11-9-7/h6H,2-5H2,1H3,(H,8,9,10,11). The van der Waals surface area contributed by atoms with Crippen molar-refractivity contribution in [2.75, 3.05) is 13.6 Å². The number of likely N-dealkylation sites (tertiary alicyclic amines) is 1. The third-order valence-electron chi connectivity index (χ3n) is 2.45. The third kappa shape index (κ3) is 1.32. The molecule has 0 amide bonds. The van der Waals surface area contributed by atoms with E-state index >= 15 is 0 Å². The lowest BCUT2D eigenvalue weighted by atomic mass is 10.0. The summed E-state index contributed by atoms with van der Waals surface area (Å²) in [5, 5.41) is 13.9. The Bertz CT molecular complexity index is 232. The first-order chi connectivity index (χ1) is 5.88. The molecule has 1 fully saturated rings. The van der Waals surface area contributed by atoms with E-state index in [1.165, 1.54) is 12.8 Å². The van der Waals surface area contributed by atoms with Crippen LogP contribution in [-0.4, -0.2) is 39.1 Å². The van der Waals surface area contributed by atoms with Crippen molar-refractivity contribution in [1.29, 1.82) is 0 Å². The second kappa shape index (κ2) is 3.18. The van der Waals surface area contributed by atoms with Crippen LogP contribution in [-0.2, 0) is 0 Å². The molecule has 2 rings (SSSR count). The van der Waals surface area contributed by atoms with Gasteiger partial charge in [0, 0.05) is 0 Å². The van der Waals surface area contributed by atoms with E-state index in [4.69, 9.17) is 0 Å². The largest absolute Gasteiger partial charge is 0.296 e. The molecule has 1 aliphatic heterocycles. The Kier molecular flexibility index (Phi) is 2.03. The van der Waals surface area contributed by atoms with E-state index in [2.05, 4.69) is 32.6 Å². The Balaban J connectivity index is 2.11. The zero-order valence-corrected chi connectivity index (χ0v) is 7.19. The number of hydrogen-bond donors (Lipinski definition) is 1. The topological polar surface area (TPSA) is 57.7 Å². The van der Waals surface area contributed by atoms with Crippen molar-refractivity contribution in [3.63, 3.8) is 0 Å². The van der Waals surface area contributed by atoms with Gasteiger partial charge in [0.2, 0.25) is 0 Å². The average molecular weight is 167 g/mol. The first kappa shape index (κ1) is 7.67. The van der Waals surface area contributed by atoms with Gasteiger partial charge in [0.25, 0.3) is 0 Å². The zero-order chi connectivity index (χ0) is 8.39. The van der Waals surface area contributed by atoms with Crippen molar-refractivity contribution >= 4 is 0 Å². The summed E-state index contributed by atoms with van der Waals surface area (Å²) in [5.41, 5.74) is 0. The summed E-state index contributed by atoms with van der Waals surface area (Å²) in [6, 6.07) is 0.397. The van der Waals surface area contributed by atoms with Crippen LogP contribution in [0.1, 0.15) is 31.1 Å². The summed E-state index contributed by atoms with van der Waals surface area (Å²) in [6.07, 6.45) is 3.72. The van der Waals surface area contributed by atoms with Crippen LogP contribution in [0.4, 0.5) is 0 Å². The Morgan fingerprint density at radius 3 is 3.08 bits per heavy atom. The Labute approximate surface area is 71.1 Å².